The molecule has 0 aliphatic rings. The summed E-state index contributed by atoms with van der Waals surface area (Å²) < 4.78 is 7.02. The first-order valence-electron chi connectivity index (χ1n) is 6.83. The number of benzene rings is 2. The van der Waals surface area contributed by atoms with Gasteiger partial charge in [-0.2, -0.15) is 0 Å². The zero-order chi connectivity index (χ0) is 14.5. The van der Waals surface area contributed by atoms with E-state index in [0.717, 1.165) is 27.9 Å². The lowest BCUT2D eigenvalue weighted by Crippen LogP contribution is -2.05. The van der Waals surface area contributed by atoms with Crippen LogP contribution in [0, 0.1) is 0 Å². The first-order chi connectivity index (χ1) is 9.58. The summed E-state index contributed by atoms with van der Waals surface area (Å²) in [5, 5.41) is 0. The molecule has 2 N–H and O–H groups in total. The standard InChI is InChI=1S/C17H20BrNO/c1-12(2)15-11-14(18)7-8-17(15)20-10-9-13-5-3-4-6-16(13)19/h3-8,11-12H,9-10,19H2,1-2H3. The molecule has 3 heteroatoms. The van der Waals surface area contributed by atoms with Crippen molar-refractivity contribution in [3.8, 4) is 5.75 Å². The Balaban J connectivity index is 2.03. The fourth-order valence-electron chi connectivity index (χ4n) is 2.13. The van der Waals surface area contributed by atoms with Crippen molar-refractivity contribution in [1.29, 1.82) is 0 Å². The number of halogens is 1. The topological polar surface area (TPSA) is 35.2 Å². The van der Waals surface area contributed by atoms with Crippen molar-refractivity contribution in [3.63, 3.8) is 0 Å². The van der Waals surface area contributed by atoms with Crippen LogP contribution in [0.4, 0.5) is 5.69 Å². The third-order valence-electron chi connectivity index (χ3n) is 3.28. The Morgan fingerprint density at radius 1 is 1.15 bits per heavy atom. The molecule has 0 fully saturated rings. The fourth-order valence-corrected chi connectivity index (χ4v) is 2.51. The highest BCUT2D eigenvalue weighted by atomic mass is 79.9. The minimum absolute atomic E-state index is 0.435. The van der Waals surface area contributed by atoms with Crippen LogP contribution in [-0.4, -0.2) is 6.61 Å². The maximum atomic E-state index is 5.94. The molecule has 0 amide bonds. The van der Waals surface area contributed by atoms with Gasteiger partial charge in [0, 0.05) is 16.6 Å². The Kier molecular flexibility index (Phi) is 5.07. The summed E-state index contributed by atoms with van der Waals surface area (Å²) in [4.78, 5) is 0. The van der Waals surface area contributed by atoms with E-state index < -0.39 is 0 Å². The van der Waals surface area contributed by atoms with Crippen molar-refractivity contribution in [3.05, 3.63) is 58.1 Å². The van der Waals surface area contributed by atoms with Gasteiger partial charge in [0.25, 0.3) is 0 Å². The van der Waals surface area contributed by atoms with Gasteiger partial charge in [0.1, 0.15) is 5.75 Å². The first-order valence-corrected chi connectivity index (χ1v) is 7.63. The molecule has 0 saturated carbocycles. The molecule has 2 aromatic carbocycles. The SMILES string of the molecule is CC(C)c1cc(Br)ccc1OCCc1ccccc1N. The Morgan fingerprint density at radius 2 is 1.90 bits per heavy atom. The number of hydrogen-bond acceptors (Lipinski definition) is 2. The van der Waals surface area contributed by atoms with E-state index in [2.05, 4.69) is 35.8 Å². The Bertz CT molecular complexity index is 581. The maximum absolute atomic E-state index is 5.94. The van der Waals surface area contributed by atoms with Crippen molar-refractivity contribution in [2.24, 2.45) is 0 Å². The summed E-state index contributed by atoms with van der Waals surface area (Å²) in [5.74, 6) is 1.39. The van der Waals surface area contributed by atoms with Crippen LogP contribution < -0.4 is 10.5 Å². The van der Waals surface area contributed by atoms with Crippen molar-refractivity contribution in [1.82, 2.24) is 0 Å². The molecule has 0 radical (unpaired) electrons. The van der Waals surface area contributed by atoms with Crippen LogP contribution in [0.3, 0.4) is 0 Å². The molecule has 0 atom stereocenters. The van der Waals surface area contributed by atoms with Gasteiger partial charge < -0.3 is 10.5 Å². The lowest BCUT2D eigenvalue weighted by molar-refractivity contribution is 0.317. The van der Waals surface area contributed by atoms with Gasteiger partial charge in [-0.15, -0.1) is 0 Å². The summed E-state index contributed by atoms with van der Waals surface area (Å²) in [6.07, 6.45) is 0.820. The molecule has 0 aliphatic heterocycles. The quantitative estimate of drug-likeness (QED) is 0.799. The third-order valence-corrected chi connectivity index (χ3v) is 3.77. The minimum Gasteiger partial charge on any atom is -0.493 e. The van der Waals surface area contributed by atoms with Gasteiger partial charge in [0.15, 0.2) is 0 Å². The van der Waals surface area contributed by atoms with Gasteiger partial charge in [-0.25, -0.2) is 0 Å². The summed E-state index contributed by atoms with van der Waals surface area (Å²) >= 11 is 3.51. The number of para-hydroxylation sites is 1. The smallest absolute Gasteiger partial charge is 0.122 e. The van der Waals surface area contributed by atoms with E-state index in [1.165, 1.54) is 5.56 Å². The third kappa shape index (κ3) is 3.76. The molecule has 2 aromatic rings. The van der Waals surface area contributed by atoms with Crippen molar-refractivity contribution in [2.75, 3.05) is 12.3 Å². The normalized spacial score (nSPS) is 10.8. The molecular formula is C17H20BrNO. The van der Waals surface area contributed by atoms with E-state index in [1.807, 2.05) is 36.4 Å². The van der Waals surface area contributed by atoms with Crippen molar-refractivity contribution in [2.45, 2.75) is 26.2 Å². The molecule has 0 heterocycles. The van der Waals surface area contributed by atoms with Crippen LogP contribution in [0.25, 0.3) is 0 Å². The van der Waals surface area contributed by atoms with E-state index in [1.54, 1.807) is 0 Å². The van der Waals surface area contributed by atoms with E-state index in [0.29, 0.717) is 12.5 Å². The average Bonchev–Trinajstić information content (AvgIpc) is 2.42. The summed E-state index contributed by atoms with van der Waals surface area (Å²) in [6, 6.07) is 14.1. The van der Waals surface area contributed by atoms with Gasteiger partial charge in [-0.1, -0.05) is 48.0 Å². The molecule has 0 spiro atoms. The van der Waals surface area contributed by atoms with E-state index in [9.17, 15) is 0 Å². The van der Waals surface area contributed by atoms with Crippen LogP contribution in [0.5, 0.6) is 5.75 Å². The first kappa shape index (κ1) is 14.9. The maximum Gasteiger partial charge on any atom is 0.122 e. The van der Waals surface area contributed by atoms with Crippen LogP contribution in [0.1, 0.15) is 30.9 Å². The van der Waals surface area contributed by atoms with Crippen LogP contribution in [0.15, 0.2) is 46.9 Å². The van der Waals surface area contributed by atoms with E-state index in [-0.39, 0.29) is 0 Å². The lowest BCUT2D eigenvalue weighted by Gasteiger charge is -2.15. The summed E-state index contributed by atoms with van der Waals surface area (Å²) in [5.41, 5.74) is 9.12. The number of nitrogen functional groups attached to an aromatic ring is 1. The molecular weight excluding hydrogens is 314 g/mol. The van der Waals surface area contributed by atoms with Gasteiger partial charge in [-0.05, 0) is 41.3 Å². The highest BCUT2D eigenvalue weighted by Crippen LogP contribution is 2.29. The number of anilines is 1. The Hall–Kier alpha value is -1.48. The Labute approximate surface area is 129 Å². The number of rotatable bonds is 5. The fraction of sp³-hybridized carbons (Fsp3) is 0.294. The molecule has 106 valence electrons. The highest BCUT2D eigenvalue weighted by Gasteiger charge is 2.08. The highest BCUT2D eigenvalue weighted by molar-refractivity contribution is 9.10. The largest absolute Gasteiger partial charge is 0.493 e. The van der Waals surface area contributed by atoms with E-state index >= 15 is 0 Å². The molecule has 0 unspecified atom stereocenters. The molecule has 2 nitrogen and oxygen atoms in total. The number of hydrogen-bond donors (Lipinski definition) is 1. The second kappa shape index (κ2) is 6.80. The molecule has 0 aromatic heterocycles. The van der Waals surface area contributed by atoms with Crippen molar-refractivity contribution < 1.29 is 4.74 Å². The van der Waals surface area contributed by atoms with Gasteiger partial charge in [0.05, 0.1) is 6.61 Å². The van der Waals surface area contributed by atoms with Gasteiger partial charge in [-0.3, -0.25) is 0 Å². The lowest BCUT2D eigenvalue weighted by atomic mass is 10.0. The second-order valence-corrected chi connectivity index (χ2v) is 6.05. The summed E-state index contributed by atoms with van der Waals surface area (Å²) in [7, 11) is 0. The summed E-state index contributed by atoms with van der Waals surface area (Å²) in [6.45, 7) is 4.98. The predicted molar refractivity (Wildman–Crippen MR) is 88.3 cm³/mol. The zero-order valence-corrected chi connectivity index (χ0v) is 13.5. The predicted octanol–water partition coefficient (Wildman–Crippen LogP) is 4.78. The van der Waals surface area contributed by atoms with Gasteiger partial charge in [0.2, 0.25) is 0 Å². The molecule has 0 bridgehead atoms. The van der Waals surface area contributed by atoms with E-state index in [4.69, 9.17) is 10.5 Å². The minimum atomic E-state index is 0.435. The van der Waals surface area contributed by atoms with Crippen LogP contribution >= 0.6 is 15.9 Å². The molecule has 0 saturated heterocycles. The zero-order valence-electron chi connectivity index (χ0n) is 11.9. The van der Waals surface area contributed by atoms with Crippen LogP contribution in [0.2, 0.25) is 0 Å². The van der Waals surface area contributed by atoms with Crippen molar-refractivity contribution >= 4 is 21.6 Å². The Morgan fingerprint density at radius 3 is 2.60 bits per heavy atom. The number of nitrogens with two attached hydrogens (primary N) is 1. The number of ether oxygens (including phenoxy) is 1. The monoisotopic (exact) mass is 333 g/mol. The molecule has 0 aliphatic carbocycles. The molecule has 20 heavy (non-hydrogen) atoms. The van der Waals surface area contributed by atoms with Gasteiger partial charge >= 0.3 is 0 Å². The molecule has 2 rings (SSSR count). The van der Waals surface area contributed by atoms with Crippen LogP contribution in [-0.2, 0) is 6.42 Å². The average molecular weight is 334 g/mol. The second-order valence-electron chi connectivity index (χ2n) is 5.13.